The zero-order chi connectivity index (χ0) is 13.7. The highest BCUT2D eigenvalue weighted by Crippen LogP contribution is 2.23. The molecule has 0 saturated heterocycles. The first-order chi connectivity index (χ1) is 9.16. The predicted molar refractivity (Wildman–Crippen MR) is 83.0 cm³/mol. The highest BCUT2D eigenvalue weighted by molar-refractivity contribution is 7.99. The number of hydrogen-bond donors (Lipinski definition) is 2. The number of benzene rings is 1. The Kier molecular flexibility index (Phi) is 4.87. The second-order valence-electron chi connectivity index (χ2n) is 4.04. The molecular formula is C14H16N2OS2. The van der Waals surface area contributed by atoms with Gasteiger partial charge < -0.3 is 11.1 Å². The summed E-state index contributed by atoms with van der Waals surface area (Å²) in [5.41, 5.74) is 6.42. The maximum absolute atomic E-state index is 11.9. The molecule has 0 spiro atoms. The monoisotopic (exact) mass is 292 g/mol. The molecule has 1 aromatic heterocycles. The van der Waals surface area contributed by atoms with Gasteiger partial charge in [0.15, 0.2) is 0 Å². The fourth-order valence-electron chi connectivity index (χ4n) is 1.55. The first-order valence-corrected chi connectivity index (χ1v) is 7.79. The van der Waals surface area contributed by atoms with Crippen LogP contribution in [0.5, 0.6) is 0 Å². The van der Waals surface area contributed by atoms with Gasteiger partial charge in [-0.25, -0.2) is 0 Å². The van der Waals surface area contributed by atoms with E-state index in [0.29, 0.717) is 17.1 Å². The number of rotatable bonds is 5. The molecule has 2 aromatic rings. The standard InChI is InChI=1S/C14H16N2OS2/c1-10-12(15)9-13(19-10)14(17)16-7-8-18-11-5-3-2-4-6-11/h2-6,9H,7-8,15H2,1H3,(H,16,17). The van der Waals surface area contributed by atoms with Crippen molar-refractivity contribution < 1.29 is 4.79 Å². The number of thioether (sulfide) groups is 1. The molecule has 0 saturated carbocycles. The number of hydrogen-bond acceptors (Lipinski definition) is 4. The average Bonchev–Trinajstić information content (AvgIpc) is 2.76. The van der Waals surface area contributed by atoms with Crippen molar-refractivity contribution in [1.82, 2.24) is 5.32 Å². The van der Waals surface area contributed by atoms with E-state index in [-0.39, 0.29) is 5.91 Å². The number of aryl methyl sites for hydroxylation is 1. The number of nitrogen functional groups attached to an aromatic ring is 1. The van der Waals surface area contributed by atoms with Gasteiger partial charge in [-0.15, -0.1) is 23.1 Å². The highest BCUT2D eigenvalue weighted by atomic mass is 32.2. The van der Waals surface area contributed by atoms with Gasteiger partial charge in [0, 0.05) is 27.8 Å². The quantitative estimate of drug-likeness (QED) is 0.657. The van der Waals surface area contributed by atoms with Gasteiger partial charge >= 0.3 is 0 Å². The highest BCUT2D eigenvalue weighted by Gasteiger charge is 2.09. The van der Waals surface area contributed by atoms with Crippen LogP contribution in [0.2, 0.25) is 0 Å². The molecule has 100 valence electrons. The Labute approximate surface area is 121 Å². The smallest absolute Gasteiger partial charge is 0.261 e. The van der Waals surface area contributed by atoms with Crippen molar-refractivity contribution in [3.63, 3.8) is 0 Å². The fraction of sp³-hybridized carbons (Fsp3) is 0.214. The average molecular weight is 292 g/mol. The lowest BCUT2D eigenvalue weighted by atomic mass is 10.3. The number of carbonyl (C=O) groups excluding carboxylic acids is 1. The summed E-state index contributed by atoms with van der Waals surface area (Å²) in [6.07, 6.45) is 0. The molecule has 1 aromatic carbocycles. The number of nitrogens with one attached hydrogen (secondary N) is 1. The van der Waals surface area contributed by atoms with Gasteiger partial charge in [-0.05, 0) is 25.1 Å². The van der Waals surface area contributed by atoms with E-state index in [1.165, 1.54) is 16.2 Å². The second kappa shape index (κ2) is 6.63. The van der Waals surface area contributed by atoms with E-state index in [4.69, 9.17) is 5.73 Å². The van der Waals surface area contributed by atoms with Gasteiger partial charge in [0.2, 0.25) is 0 Å². The van der Waals surface area contributed by atoms with E-state index in [1.54, 1.807) is 17.8 Å². The van der Waals surface area contributed by atoms with Crippen molar-refractivity contribution in [2.75, 3.05) is 18.0 Å². The summed E-state index contributed by atoms with van der Waals surface area (Å²) in [6, 6.07) is 11.9. The number of nitrogens with two attached hydrogens (primary N) is 1. The molecular weight excluding hydrogens is 276 g/mol. The molecule has 3 N–H and O–H groups in total. The summed E-state index contributed by atoms with van der Waals surface area (Å²) >= 11 is 3.16. The molecule has 19 heavy (non-hydrogen) atoms. The Morgan fingerprint density at radius 2 is 2.11 bits per heavy atom. The molecule has 5 heteroatoms. The van der Waals surface area contributed by atoms with Crippen molar-refractivity contribution in [3.8, 4) is 0 Å². The molecule has 0 unspecified atom stereocenters. The zero-order valence-electron chi connectivity index (χ0n) is 10.7. The van der Waals surface area contributed by atoms with E-state index in [0.717, 1.165) is 10.6 Å². The Morgan fingerprint density at radius 1 is 1.37 bits per heavy atom. The van der Waals surface area contributed by atoms with E-state index in [9.17, 15) is 4.79 Å². The Hall–Kier alpha value is -1.46. The third kappa shape index (κ3) is 4.01. The van der Waals surface area contributed by atoms with Crippen molar-refractivity contribution in [3.05, 3.63) is 46.2 Å². The largest absolute Gasteiger partial charge is 0.398 e. The first kappa shape index (κ1) is 14.0. The molecule has 0 aliphatic rings. The van der Waals surface area contributed by atoms with Gasteiger partial charge in [0.25, 0.3) is 5.91 Å². The lowest BCUT2D eigenvalue weighted by molar-refractivity contribution is 0.0960. The zero-order valence-corrected chi connectivity index (χ0v) is 12.3. The van der Waals surface area contributed by atoms with Gasteiger partial charge in [0.1, 0.15) is 0 Å². The molecule has 2 rings (SSSR count). The van der Waals surface area contributed by atoms with Crippen molar-refractivity contribution in [2.24, 2.45) is 0 Å². The molecule has 0 aliphatic carbocycles. The van der Waals surface area contributed by atoms with Crippen LogP contribution in [0.15, 0.2) is 41.3 Å². The van der Waals surface area contributed by atoms with Gasteiger partial charge in [-0.1, -0.05) is 18.2 Å². The van der Waals surface area contributed by atoms with Crippen LogP contribution in [0.4, 0.5) is 5.69 Å². The minimum absolute atomic E-state index is 0.0431. The third-order valence-electron chi connectivity index (χ3n) is 2.58. The molecule has 0 radical (unpaired) electrons. The maximum Gasteiger partial charge on any atom is 0.261 e. The minimum atomic E-state index is -0.0431. The molecule has 3 nitrogen and oxygen atoms in total. The number of thiophene rings is 1. The van der Waals surface area contributed by atoms with E-state index in [2.05, 4.69) is 17.4 Å². The Balaban J connectivity index is 1.75. The first-order valence-electron chi connectivity index (χ1n) is 5.99. The van der Waals surface area contributed by atoms with Gasteiger partial charge in [-0.3, -0.25) is 4.79 Å². The van der Waals surface area contributed by atoms with Crippen molar-refractivity contribution in [1.29, 1.82) is 0 Å². The summed E-state index contributed by atoms with van der Waals surface area (Å²) in [4.78, 5) is 14.7. The topological polar surface area (TPSA) is 55.1 Å². The predicted octanol–water partition coefficient (Wildman–Crippen LogP) is 3.16. The molecule has 0 atom stereocenters. The van der Waals surface area contributed by atoms with E-state index >= 15 is 0 Å². The number of amides is 1. The molecule has 0 aliphatic heterocycles. The van der Waals surface area contributed by atoms with Crippen molar-refractivity contribution in [2.45, 2.75) is 11.8 Å². The van der Waals surface area contributed by atoms with Crippen LogP contribution >= 0.6 is 23.1 Å². The van der Waals surface area contributed by atoms with Crippen LogP contribution < -0.4 is 11.1 Å². The SMILES string of the molecule is Cc1sc(C(=O)NCCSc2ccccc2)cc1N. The normalized spacial score (nSPS) is 10.4. The Bertz CT molecular complexity index is 532. The third-order valence-corrected chi connectivity index (χ3v) is 4.66. The van der Waals surface area contributed by atoms with Crippen LogP contribution in [-0.4, -0.2) is 18.2 Å². The molecule has 0 bridgehead atoms. The van der Waals surface area contributed by atoms with Crippen LogP contribution in [0.3, 0.4) is 0 Å². The second-order valence-corrected chi connectivity index (χ2v) is 6.46. The van der Waals surface area contributed by atoms with Gasteiger partial charge in [-0.2, -0.15) is 0 Å². The van der Waals surface area contributed by atoms with Crippen LogP contribution in [0.25, 0.3) is 0 Å². The van der Waals surface area contributed by atoms with E-state index < -0.39 is 0 Å². The van der Waals surface area contributed by atoms with Crippen LogP contribution in [0.1, 0.15) is 14.5 Å². The summed E-state index contributed by atoms with van der Waals surface area (Å²) in [7, 11) is 0. The summed E-state index contributed by atoms with van der Waals surface area (Å²) < 4.78 is 0. The van der Waals surface area contributed by atoms with Crippen LogP contribution in [0, 0.1) is 6.92 Å². The van der Waals surface area contributed by atoms with Gasteiger partial charge in [0.05, 0.1) is 4.88 Å². The molecule has 1 heterocycles. The number of anilines is 1. The molecule has 1 amide bonds. The summed E-state index contributed by atoms with van der Waals surface area (Å²) in [6.45, 7) is 2.57. The Morgan fingerprint density at radius 3 is 2.74 bits per heavy atom. The fourth-order valence-corrected chi connectivity index (χ4v) is 3.19. The van der Waals surface area contributed by atoms with Crippen molar-refractivity contribution >= 4 is 34.7 Å². The van der Waals surface area contributed by atoms with E-state index in [1.807, 2.05) is 25.1 Å². The maximum atomic E-state index is 11.9. The minimum Gasteiger partial charge on any atom is -0.398 e. The molecule has 0 fully saturated rings. The summed E-state index contributed by atoms with van der Waals surface area (Å²) in [5.74, 6) is 0.814. The lowest BCUT2D eigenvalue weighted by Crippen LogP contribution is -2.24. The lowest BCUT2D eigenvalue weighted by Gasteiger charge is -2.03. The number of carbonyl (C=O) groups is 1. The summed E-state index contributed by atoms with van der Waals surface area (Å²) in [5, 5.41) is 2.90. The van der Waals surface area contributed by atoms with Crippen LogP contribution in [-0.2, 0) is 0 Å².